The molecule has 108 valence electrons. The molecule has 0 aliphatic heterocycles. The van der Waals surface area contributed by atoms with Gasteiger partial charge in [-0.3, -0.25) is 4.79 Å². The molecule has 0 spiro atoms. The summed E-state index contributed by atoms with van der Waals surface area (Å²) in [6, 6.07) is 0. The van der Waals surface area contributed by atoms with Crippen molar-refractivity contribution in [3.63, 3.8) is 0 Å². The van der Waals surface area contributed by atoms with Gasteiger partial charge in [-0.15, -0.1) is 0 Å². The van der Waals surface area contributed by atoms with E-state index in [2.05, 4.69) is 29.1 Å². The summed E-state index contributed by atoms with van der Waals surface area (Å²) in [5.41, 5.74) is -0.200. The number of nitrogens with one attached hydrogen (secondary N) is 1. The van der Waals surface area contributed by atoms with Crippen LogP contribution in [0.4, 0.5) is 5.13 Å². The predicted molar refractivity (Wildman–Crippen MR) is 80.5 cm³/mol. The third-order valence-corrected chi connectivity index (χ3v) is 4.72. The van der Waals surface area contributed by atoms with Crippen molar-refractivity contribution < 1.29 is 9.90 Å². The molecule has 1 aliphatic carbocycles. The first-order valence-electron chi connectivity index (χ1n) is 7.07. The predicted octanol–water partition coefficient (Wildman–Crippen LogP) is 2.79. The molecular weight excluding hydrogens is 272 g/mol. The van der Waals surface area contributed by atoms with Crippen molar-refractivity contribution in [1.29, 1.82) is 0 Å². The van der Waals surface area contributed by atoms with Gasteiger partial charge in [0.05, 0.1) is 17.7 Å². The Labute approximate surface area is 123 Å². The smallest absolute Gasteiger partial charge is 0.232 e. The molecule has 1 fully saturated rings. The number of hydrogen-bond donors (Lipinski definition) is 2. The number of carbonyl (C=O) groups excluding carboxylic acids is 1. The van der Waals surface area contributed by atoms with E-state index in [1.807, 2.05) is 0 Å². The highest BCUT2D eigenvalue weighted by molar-refractivity contribution is 7.16. The molecule has 0 saturated heterocycles. The zero-order chi connectivity index (χ0) is 14.4. The highest BCUT2D eigenvalue weighted by Gasteiger charge is 2.39. The Morgan fingerprint density at radius 3 is 2.95 bits per heavy atom. The molecule has 1 aliphatic rings. The molecule has 20 heavy (non-hydrogen) atoms. The topological polar surface area (TPSA) is 62.2 Å². The van der Waals surface area contributed by atoms with E-state index in [-0.39, 0.29) is 17.9 Å². The third kappa shape index (κ3) is 3.38. The van der Waals surface area contributed by atoms with Crippen molar-refractivity contribution in [3.8, 4) is 11.8 Å². The number of thiazole rings is 1. The molecule has 0 unspecified atom stereocenters. The molecule has 1 aromatic heterocycles. The fourth-order valence-electron chi connectivity index (χ4n) is 2.62. The fourth-order valence-corrected chi connectivity index (χ4v) is 3.30. The lowest BCUT2D eigenvalue weighted by molar-refractivity contribution is -0.125. The number of nitrogens with zero attached hydrogens (tertiary/aromatic N) is 1. The van der Waals surface area contributed by atoms with Crippen LogP contribution in [0.1, 0.15) is 50.3 Å². The lowest BCUT2D eigenvalue weighted by Crippen LogP contribution is -2.33. The van der Waals surface area contributed by atoms with E-state index < -0.39 is 0 Å². The molecule has 2 N–H and O–H groups in total. The number of amides is 1. The van der Waals surface area contributed by atoms with Crippen molar-refractivity contribution >= 4 is 22.4 Å². The van der Waals surface area contributed by atoms with Crippen molar-refractivity contribution in [3.05, 3.63) is 11.1 Å². The Balaban J connectivity index is 2.00. The van der Waals surface area contributed by atoms with E-state index in [0.29, 0.717) is 11.6 Å². The first-order chi connectivity index (χ1) is 9.70. The monoisotopic (exact) mass is 292 g/mol. The molecule has 0 aromatic carbocycles. The maximum absolute atomic E-state index is 12.4. The Hall–Kier alpha value is -1.38. The minimum Gasteiger partial charge on any atom is -0.395 e. The van der Waals surface area contributed by atoms with Gasteiger partial charge >= 0.3 is 0 Å². The first kappa shape index (κ1) is 15.0. The van der Waals surface area contributed by atoms with Gasteiger partial charge < -0.3 is 10.4 Å². The zero-order valence-electron chi connectivity index (χ0n) is 11.7. The van der Waals surface area contributed by atoms with Gasteiger partial charge in [-0.05, 0) is 19.3 Å². The van der Waals surface area contributed by atoms with E-state index in [9.17, 15) is 4.79 Å². The largest absolute Gasteiger partial charge is 0.395 e. The molecule has 0 radical (unpaired) electrons. The molecule has 4 nitrogen and oxygen atoms in total. The second kappa shape index (κ2) is 6.87. The third-order valence-electron chi connectivity index (χ3n) is 3.89. The average Bonchev–Trinajstić information content (AvgIpc) is 3.09. The van der Waals surface area contributed by atoms with Gasteiger partial charge in [0.25, 0.3) is 0 Å². The minimum absolute atomic E-state index is 0.0639. The Kier molecular flexibility index (Phi) is 5.16. The van der Waals surface area contributed by atoms with Crippen LogP contribution >= 0.6 is 11.3 Å². The van der Waals surface area contributed by atoms with Crippen LogP contribution in [0.15, 0.2) is 6.20 Å². The number of carbonyl (C=O) groups is 1. The van der Waals surface area contributed by atoms with E-state index in [0.717, 1.165) is 37.0 Å². The van der Waals surface area contributed by atoms with Gasteiger partial charge in [0, 0.05) is 11.8 Å². The lowest BCUT2D eigenvalue weighted by atomic mass is 9.82. The zero-order valence-corrected chi connectivity index (χ0v) is 12.6. The molecule has 1 amide bonds. The number of hydrogen-bond acceptors (Lipinski definition) is 4. The summed E-state index contributed by atoms with van der Waals surface area (Å²) < 4.78 is 0. The molecule has 1 aromatic rings. The SMILES string of the molecule is CCC1(C(=O)Nc2ncc(C#CCCO)s2)CCCC1. The Bertz CT molecular complexity index is 521. The number of rotatable bonds is 4. The second-order valence-electron chi connectivity index (χ2n) is 5.10. The molecule has 0 atom stereocenters. The van der Waals surface area contributed by atoms with E-state index in [1.165, 1.54) is 11.3 Å². The van der Waals surface area contributed by atoms with Crippen molar-refractivity contribution in [1.82, 2.24) is 4.98 Å². The highest BCUT2D eigenvalue weighted by Crippen LogP contribution is 2.42. The summed E-state index contributed by atoms with van der Waals surface area (Å²) in [6.07, 6.45) is 7.23. The van der Waals surface area contributed by atoms with Crippen molar-refractivity contribution in [2.75, 3.05) is 11.9 Å². The molecule has 2 rings (SSSR count). The Morgan fingerprint density at radius 1 is 1.55 bits per heavy atom. The van der Waals surface area contributed by atoms with Crippen LogP contribution in [0.2, 0.25) is 0 Å². The summed E-state index contributed by atoms with van der Waals surface area (Å²) in [4.78, 5) is 17.4. The van der Waals surface area contributed by atoms with Crippen molar-refractivity contribution in [2.24, 2.45) is 5.41 Å². The molecule has 5 heteroatoms. The maximum atomic E-state index is 12.4. The van der Waals surface area contributed by atoms with E-state index in [1.54, 1.807) is 6.20 Å². The van der Waals surface area contributed by atoms with Crippen LogP contribution in [0.25, 0.3) is 0 Å². The van der Waals surface area contributed by atoms with Gasteiger partial charge in [0.2, 0.25) is 5.91 Å². The van der Waals surface area contributed by atoms with E-state index >= 15 is 0 Å². The van der Waals surface area contributed by atoms with Gasteiger partial charge in [-0.2, -0.15) is 0 Å². The number of anilines is 1. The second-order valence-corrected chi connectivity index (χ2v) is 6.13. The van der Waals surface area contributed by atoms with Gasteiger partial charge in [-0.25, -0.2) is 4.98 Å². The summed E-state index contributed by atoms with van der Waals surface area (Å²) in [5.74, 6) is 5.88. The average molecular weight is 292 g/mol. The fraction of sp³-hybridized carbons (Fsp3) is 0.600. The standard InChI is InChI=1S/C15H20N2O2S/c1-2-15(8-4-5-9-15)13(19)17-14-16-11-12(20-14)7-3-6-10-18/h11,18H,2,4-6,8-10H2,1H3,(H,16,17,19). The molecule has 0 bridgehead atoms. The van der Waals surface area contributed by atoms with Crippen LogP contribution in [0.5, 0.6) is 0 Å². The summed E-state index contributed by atoms with van der Waals surface area (Å²) in [5, 5.41) is 12.2. The number of aliphatic hydroxyl groups excluding tert-OH is 1. The number of aromatic nitrogens is 1. The summed E-state index contributed by atoms with van der Waals surface area (Å²) in [7, 11) is 0. The van der Waals surface area contributed by atoms with Crippen LogP contribution in [0, 0.1) is 17.3 Å². The van der Waals surface area contributed by atoms with Crippen molar-refractivity contribution in [2.45, 2.75) is 45.4 Å². The number of aliphatic hydroxyl groups is 1. The van der Waals surface area contributed by atoms with Gasteiger partial charge in [0.15, 0.2) is 5.13 Å². The van der Waals surface area contributed by atoms with Crippen LogP contribution in [0.3, 0.4) is 0 Å². The van der Waals surface area contributed by atoms with Gasteiger partial charge in [0.1, 0.15) is 0 Å². The molecule has 1 heterocycles. The molecule has 1 saturated carbocycles. The van der Waals surface area contributed by atoms with Gasteiger partial charge in [-0.1, -0.05) is 42.9 Å². The summed E-state index contributed by atoms with van der Waals surface area (Å²) in [6.45, 7) is 2.15. The van der Waals surface area contributed by atoms with Crippen LogP contribution in [-0.4, -0.2) is 22.6 Å². The van der Waals surface area contributed by atoms with Crippen LogP contribution in [-0.2, 0) is 4.79 Å². The maximum Gasteiger partial charge on any atom is 0.232 e. The van der Waals surface area contributed by atoms with E-state index in [4.69, 9.17) is 5.11 Å². The normalized spacial score (nSPS) is 16.5. The quantitative estimate of drug-likeness (QED) is 0.839. The van der Waals surface area contributed by atoms with Crippen LogP contribution < -0.4 is 5.32 Å². The minimum atomic E-state index is -0.200. The lowest BCUT2D eigenvalue weighted by Gasteiger charge is -2.25. The Morgan fingerprint density at radius 2 is 2.30 bits per heavy atom. The highest BCUT2D eigenvalue weighted by atomic mass is 32.1. The summed E-state index contributed by atoms with van der Waals surface area (Å²) >= 11 is 1.38. The first-order valence-corrected chi connectivity index (χ1v) is 7.89. The molecular formula is C15H20N2O2S.